The smallest absolute Gasteiger partial charge is 0.107 e. The molecule has 1 rings (SSSR count). The van der Waals surface area contributed by atoms with E-state index >= 15 is 0 Å². The molecule has 1 aromatic heterocycles. The average molecular weight is 272 g/mol. The summed E-state index contributed by atoms with van der Waals surface area (Å²) in [7, 11) is 0. The van der Waals surface area contributed by atoms with Crippen LogP contribution in [0.5, 0.6) is 0 Å². The minimum atomic E-state index is 0.553. The summed E-state index contributed by atoms with van der Waals surface area (Å²) < 4.78 is 0. The van der Waals surface area contributed by atoms with Crippen molar-refractivity contribution in [3.05, 3.63) is 47.4 Å². The zero-order valence-corrected chi connectivity index (χ0v) is 11.7. The molecular weight excluding hydrogens is 252 g/mol. The van der Waals surface area contributed by atoms with Crippen LogP contribution in [0.3, 0.4) is 0 Å². The summed E-state index contributed by atoms with van der Waals surface area (Å²) in [6, 6.07) is 3.70. The van der Waals surface area contributed by atoms with Crippen molar-refractivity contribution in [1.29, 1.82) is 0 Å². The molecule has 0 bridgehead atoms. The molecule has 0 aliphatic carbocycles. The zero-order valence-electron chi connectivity index (χ0n) is 11.7. The number of aromatic nitrogens is 2. The summed E-state index contributed by atoms with van der Waals surface area (Å²) in [6.45, 7) is 5.49. The van der Waals surface area contributed by atoms with E-state index in [-0.39, 0.29) is 0 Å². The van der Waals surface area contributed by atoms with Crippen LogP contribution in [0.2, 0.25) is 0 Å². The van der Waals surface area contributed by atoms with Gasteiger partial charge >= 0.3 is 0 Å². The molecule has 0 radical (unpaired) electrons. The highest BCUT2D eigenvalue weighted by Gasteiger charge is 1.97. The molecule has 0 atom stereocenters. The summed E-state index contributed by atoms with van der Waals surface area (Å²) in [5, 5.41) is 19.3. The molecule has 0 spiro atoms. The average Bonchev–Trinajstić information content (AvgIpc) is 2.46. The standard InChI is InChI=1S/C15H20N4O/c1-13(7-5-11-16-2)6-3-4-8-14-9-10-15(12-17-20)19-18-14/h5,7,9-12,20H,2-4,6,8H2,1H3/b11-5-,13-7+,17-12+. The molecular formula is C15H20N4O. The van der Waals surface area contributed by atoms with Gasteiger partial charge in [0, 0.05) is 6.20 Å². The van der Waals surface area contributed by atoms with E-state index in [2.05, 4.69) is 40.1 Å². The second-order valence-electron chi connectivity index (χ2n) is 4.44. The normalized spacial score (nSPS) is 12.3. The summed E-state index contributed by atoms with van der Waals surface area (Å²) in [5.74, 6) is 0. The number of rotatable bonds is 8. The maximum atomic E-state index is 8.37. The van der Waals surface area contributed by atoms with Gasteiger partial charge in [0.25, 0.3) is 0 Å². The van der Waals surface area contributed by atoms with Gasteiger partial charge in [-0.15, -0.1) is 5.10 Å². The number of hydrogen-bond acceptors (Lipinski definition) is 5. The largest absolute Gasteiger partial charge is 0.411 e. The van der Waals surface area contributed by atoms with Gasteiger partial charge in [-0.25, -0.2) is 0 Å². The fourth-order valence-corrected chi connectivity index (χ4v) is 1.69. The fourth-order valence-electron chi connectivity index (χ4n) is 1.69. The number of nitrogens with zero attached hydrogens (tertiary/aromatic N) is 4. The van der Waals surface area contributed by atoms with Crippen molar-refractivity contribution < 1.29 is 5.21 Å². The summed E-state index contributed by atoms with van der Waals surface area (Å²) in [6.07, 6.45) is 11.0. The minimum Gasteiger partial charge on any atom is -0.411 e. The topological polar surface area (TPSA) is 70.7 Å². The predicted octanol–water partition coefficient (Wildman–Crippen LogP) is 3.16. The Hall–Kier alpha value is -2.30. The van der Waals surface area contributed by atoms with Crippen LogP contribution in [-0.2, 0) is 6.42 Å². The molecule has 5 nitrogen and oxygen atoms in total. The maximum Gasteiger partial charge on any atom is 0.107 e. The van der Waals surface area contributed by atoms with Crippen molar-refractivity contribution in [2.75, 3.05) is 0 Å². The van der Waals surface area contributed by atoms with Crippen LogP contribution in [0, 0.1) is 0 Å². The third-order valence-corrected chi connectivity index (χ3v) is 2.76. The maximum absolute atomic E-state index is 8.37. The molecule has 0 saturated carbocycles. The van der Waals surface area contributed by atoms with Gasteiger partial charge in [0.05, 0.1) is 11.9 Å². The summed E-state index contributed by atoms with van der Waals surface area (Å²) >= 11 is 0. The van der Waals surface area contributed by atoms with E-state index in [1.54, 1.807) is 12.3 Å². The summed E-state index contributed by atoms with van der Waals surface area (Å²) in [4.78, 5) is 3.65. The monoisotopic (exact) mass is 272 g/mol. The van der Waals surface area contributed by atoms with Crippen molar-refractivity contribution in [3.63, 3.8) is 0 Å². The van der Waals surface area contributed by atoms with Gasteiger partial charge in [0.1, 0.15) is 5.69 Å². The number of aliphatic imine (C=N–C) groups is 1. The van der Waals surface area contributed by atoms with E-state index in [0.717, 1.165) is 31.4 Å². The number of unbranched alkanes of at least 4 members (excludes halogenated alkanes) is 1. The molecule has 106 valence electrons. The Morgan fingerprint density at radius 3 is 2.85 bits per heavy atom. The van der Waals surface area contributed by atoms with Gasteiger partial charge in [-0.3, -0.25) is 4.99 Å². The Kier molecular flexibility index (Phi) is 7.57. The second kappa shape index (κ2) is 9.61. The van der Waals surface area contributed by atoms with Gasteiger partial charge in [-0.1, -0.05) is 16.8 Å². The Morgan fingerprint density at radius 2 is 2.20 bits per heavy atom. The Labute approximate surface area is 119 Å². The lowest BCUT2D eigenvalue weighted by atomic mass is 10.1. The SMILES string of the molecule is C=N/C=C\C=C(/C)CCCCc1ccc(/C=N/O)nn1. The third kappa shape index (κ3) is 6.58. The van der Waals surface area contributed by atoms with Gasteiger partial charge in [0.2, 0.25) is 0 Å². The molecule has 0 aromatic carbocycles. The van der Waals surface area contributed by atoms with Crippen LogP contribution < -0.4 is 0 Å². The van der Waals surface area contributed by atoms with Crippen LogP contribution in [0.25, 0.3) is 0 Å². The third-order valence-electron chi connectivity index (χ3n) is 2.76. The highest BCUT2D eigenvalue weighted by atomic mass is 16.4. The lowest BCUT2D eigenvalue weighted by Gasteiger charge is -2.01. The van der Waals surface area contributed by atoms with Crippen molar-refractivity contribution in [1.82, 2.24) is 10.2 Å². The highest BCUT2D eigenvalue weighted by molar-refractivity contribution is 5.75. The minimum absolute atomic E-state index is 0.553. The number of hydrogen-bond donors (Lipinski definition) is 1. The molecule has 20 heavy (non-hydrogen) atoms. The first kappa shape index (κ1) is 15.8. The Balaban J connectivity index is 2.28. The first-order valence-electron chi connectivity index (χ1n) is 6.54. The van der Waals surface area contributed by atoms with Gasteiger partial charge in [-0.2, -0.15) is 5.10 Å². The van der Waals surface area contributed by atoms with Gasteiger partial charge < -0.3 is 5.21 Å². The number of allylic oxidation sites excluding steroid dienone is 3. The summed E-state index contributed by atoms with van der Waals surface area (Å²) in [5.41, 5.74) is 2.83. The van der Waals surface area contributed by atoms with Gasteiger partial charge in [0.15, 0.2) is 0 Å². The van der Waals surface area contributed by atoms with Crippen LogP contribution in [0.4, 0.5) is 0 Å². The second-order valence-corrected chi connectivity index (χ2v) is 4.44. The number of oxime groups is 1. The molecule has 1 aromatic rings. The van der Waals surface area contributed by atoms with E-state index in [1.165, 1.54) is 11.8 Å². The molecule has 1 heterocycles. The Morgan fingerprint density at radius 1 is 1.35 bits per heavy atom. The quantitative estimate of drug-likeness (QED) is 0.260. The Bertz CT molecular complexity index is 489. The molecule has 0 amide bonds. The van der Waals surface area contributed by atoms with Crippen molar-refractivity contribution >= 4 is 12.9 Å². The molecule has 0 aliphatic heterocycles. The molecule has 0 saturated heterocycles. The van der Waals surface area contributed by atoms with Crippen LogP contribution in [0.15, 0.2) is 46.2 Å². The first-order valence-corrected chi connectivity index (χ1v) is 6.54. The number of aryl methyl sites for hydroxylation is 1. The van der Waals surface area contributed by atoms with Crippen LogP contribution >= 0.6 is 0 Å². The van der Waals surface area contributed by atoms with Crippen molar-refractivity contribution in [2.24, 2.45) is 10.1 Å². The van der Waals surface area contributed by atoms with E-state index in [0.29, 0.717) is 5.69 Å². The van der Waals surface area contributed by atoms with E-state index < -0.39 is 0 Å². The van der Waals surface area contributed by atoms with E-state index in [4.69, 9.17) is 5.21 Å². The predicted molar refractivity (Wildman–Crippen MR) is 81.4 cm³/mol. The molecule has 1 N–H and O–H groups in total. The first-order chi connectivity index (χ1) is 9.76. The molecule has 0 aliphatic rings. The highest BCUT2D eigenvalue weighted by Crippen LogP contribution is 2.09. The van der Waals surface area contributed by atoms with Crippen LogP contribution in [-0.4, -0.2) is 28.3 Å². The molecule has 0 fully saturated rings. The van der Waals surface area contributed by atoms with Gasteiger partial charge in [-0.05, 0) is 57.5 Å². The molecule has 0 unspecified atom stereocenters. The zero-order chi connectivity index (χ0) is 14.6. The van der Waals surface area contributed by atoms with Crippen LogP contribution in [0.1, 0.15) is 37.6 Å². The van der Waals surface area contributed by atoms with E-state index in [1.807, 2.05) is 12.1 Å². The van der Waals surface area contributed by atoms with E-state index in [9.17, 15) is 0 Å². The lowest BCUT2D eigenvalue weighted by molar-refractivity contribution is 0.321. The molecule has 5 heteroatoms. The van der Waals surface area contributed by atoms with Crippen molar-refractivity contribution in [2.45, 2.75) is 32.6 Å². The fraction of sp³-hybridized carbons (Fsp3) is 0.333. The lowest BCUT2D eigenvalue weighted by Crippen LogP contribution is -1.97. The van der Waals surface area contributed by atoms with Crippen molar-refractivity contribution in [3.8, 4) is 0 Å².